The summed E-state index contributed by atoms with van der Waals surface area (Å²) in [7, 11) is 0. The maximum Gasteiger partial charge on any atom is 0.0621 e. The molecule has 0 radical (unpaired) electrons. The van der Waals surface area contributed by atoms with Crippen LogP contribution in [0.5, 0.6) is 0 Å². The van der Waals surface area contributed by atoms with Gasteiger partial charge in [0.2, 0.25) is 0 Å². The number of likely N-dealkylation sites (tertiary alicyclic amines) is 1. The second-order valence-electron chi connectivity index (χ2n) is 4.52. The summed E-state index contributed by atoms with van der Waals surface area (Å²) in [6, 6.07) is 2.40. The van der Waals surface area contributed by atoms with Crippen LogP contribution in [0.3, 0.4) is 0 Å². The Bertz CT molecular complexity index is 359. The third kappa shape index (κ3) is 2.94. The molecule has 2 heterocycles. The lowest BCUT2D eigenvalue weighted by atomic mass is 10.1. The first-order chi connectivity index (χ1) is 7.65. The second-order valence-corrected chi connectivity index (χ2v) is 4.93. The van der Waals surface area contributed by atoms with Crippen LogP contribution in [0.2, 0.25) is 5.02 Å². The van der Waals surface area contributed by atoms with Crippen LogP contribution in [0, 0.1) is 6.92 Å². The number of aromatic nitrogens is 1. The average Bonchev–Trinajstić information content (AvgIpc) is 2.27. The molecule has 4 heteroatoms. The molecule has 1 aliphatic rings. The Morgan fingerprint density at radius 3 is 2.81 bits per heavy atom. The van der Waals surface area contributed by atoms with E-state index in [0.717, 1.165) is 43.2 Å². The van der Waals surface area contributed by atoms with E-state index in [1.165, 1.54) is 5.56 Å². The highest BCUT2D eigenvalue weighted by molar-refractivity contribution is 6.31. The van der Waals surface area contributed by atoms with Crippen molar-refractivity contribution in [3.8, 4) is 0 Å². The van der Waals surface area contributed by atoms with Gasteiger partial charge in [0.05, 0.1) is 10.7 Å². The molecule has 0 spiro atoms. The number of pyridine rings is 1. The van der Waals surface area contributed by atoms with Crippen molar-refractivity contribution >= 4 is 11.6 Å². The molecule has 0 atom stereocenters. The quantitative estimate of drug-likeness (QED) is 0.858. The summed E-state index contributed by atoms with van der Waals surface area (Å²) in [4.78, 5) is 6.68. The Labute approximate surface area is 102 Å². The Balaban J connectivity index is 1.96. The van der Waals surface area contributed by atoms with E-state index in [0.29, 0.717) is 6.04 Å². The van der Waals surface area contributed by atoms with E-state index >= 15 is 0 Å². The summed E-state index contributed by atoms with van der Waals surface area (Å²) in [5, 5.41) is 0.756. The van der Waals surface area contributed by atoms with E-state index in [4.69, 9.17) is 17.3 Å². The van der Waals surface area contributed by atoms with Crippen molar-refractivity contribution in [3.63, 3.8) is 0 Å². The van der Waals surface area contributed by atoms with Gasteiger partial charge in [-0.2, -0.15) is 0 Å². The molecule has 1 fully saturated rings. The number of piperidine rings is 1. The molecule has 0 unspecified atom stereocenters. The van der Waals surface area contributed by atoms with Crippen LogP contribution in [0.15, 0.2) is 12.3 Å². The van der Waals surface area contributed by atoms with Crippen LogP contribution in [0.1, 0.15) is 24.1 Å². The second kappa shape index (κ2) is 5.13. The van der Waals surface area contributed by atoms with E-state index < -0.39 is 0 Å². The highest BCUT2D eigenvalue weighted by atomic mass is 35.5. The number of rotatable bonds is 2. The van der Waals surface area contributed by atoms with Gasteiger partial charge in [-0.3, -0.25) is 9.88 Å². The van der Waals surface area contributed by atoms with Gasteiger partial charge in [0, 0.05) is 18.8 Å². The third-order valence-electron chi connectivity index (χ3n) is 3.12. The standard InChI is InChI=1S/C12H18ClN3/c1-9-12(13)6-10(7-15-9)8-16-4-2-11(14)3-5-16/h6-7,11H,2-5,8,14H2,1H3. The molecule has 0 amide bonds. The normalized spacial score (nSPS) is 18.9. The van der Waals surface area contributed by atoms with Gasteiger partial charge in [-0.25, -0.2) is 0 Å². The zero-order chi connectivity index (χ0) is 11.5. The number of halogens is 1. The number of hydrogen-bond donors (Lipinski definition) is 1. The summed E-state index contributed by atoms with van der Waals surface area (Å²) < 4.78 is 0. The van der Waals surface area contributed by atoms with Crippen LogP contribution in [-0.4, -0.2) is 29.0 Å². The average molecular weight is 240 g/mol. The minimum absolute atomic E-state index is 0.385. The molecule has 88 valence electrons. The first kappa shape index (κ1) is 11.8. The molecule has 0 aliphatic carbocycles. The predicted octanol–water partition coefficient (Wildman–Crippen LogP) is 1.97. The highest BCUT2D eigenvalue weighted by Gasteiger charge is 2.16. The Morgan fingerprint density at radius 2 is 2.19 bits per heavy atom. The maximum absolute atomic E-state index is 6.05. The molecular weight excluding hydrogens is 222 g/mol. The zero-order valence-corrected chi connectivity index (χ0v) is 10.4. The van der Waals surface area contributed by atoms with Gasteiger partial charge in [0.25, 0.3) is 0 Å². The Kier molecular flexibility index (Phi) is 3.79. The predicted molar refractivity (Wildman–Crippen MR) is 66.5 cm³/mol. The van der Waals surface area contributed by atoms with Crippen LogP contribution >= 0.6 is 11.6 Å². The van der Waals surface area contributed by atoms with Gasteiger partial charge >= 0.3 is 0 Å². The van der Waals surface area contributed by atoms with Gasteiger partial charge in [-0.1, -0.05) is 11.6 Å². The summed E-state index contributed by atoms with van der Waals surface area (Å²) in [5.41, 5.74) is 7.95. The summed E-state index contributed by atoms with van der Waals surface area (Å²) in [6.45, 7) is 5.01. The van der Waals surface area contributed by atoms with Crippen LogP contribution in [0.4, 0.5) is 0 Å². The van der Waals surface area contributed by atoms with Crippen molar-refractivity contribution in [2.45, 2.75) is 32.4 Å². The number of aryl methyl sites for hydroxylation is 1. The summed E-state index contributed by atoms with van der Waals surface area (Å²) in [6.07, 6.45) is 4.09. The van der Waals surface area contributed by atoms with Crippen molar-refractivity contribution in [3.05, 3.63) is 28.5 Å². The van der Waals surface area contributed by atoms with Gasteiger partial charge < -0.3 is 5.73 Å². The van der Waals surface area contributed by atoms with E-state index in [-0.39, 0.29) is 0 Å². The van der Waals surface area contributed by atoms with Crippen molar-refractivity contribution < 1.29 is 0 Å². The first-order valence-corrected chi connectivity index (χ1v) is 6.12. The molecule has 1 saturated heterocycles. The van der Waals surface area contributed by atoms with Crippen molar-refractivity contribution in [2.75, 3.05) is 13.1 Å². The Hall–Kier alpha value is -0.640. The minimum Gasteiger partial charge on any atom is -0.328 e. The van der Waals surface area contributed by atoms with Gasteiger partial charge in [0.1, 0.15) is 0 Å². The lowest BCUT2D eigenvalue weighted by Gasteiger charge is -2.29. The van der Waals surface area contributed by atoms with Gasteiger partial charge in [-0.15, -0.1) is 0 Å². The molecule has 16 heavy (non-hydrogen) atoms. The van der Waals surface area contributed by atoms with E-state index in [1.807, 2.05) is 19.2 Å². The zero-order valence-electron chi connectivity index (χ0n) is 9.62. The van der Waals surface area contributed by atoms with Crippen LogP contribution in [0.25, 0.3) is 0 Å². The molecule has 1 aromatic rings. The fourth-order valence-corrected chi connectivity index (χ4v) is 2.19. The molecule has 1 aliphatic heterocycles. The van der Waals surface area contributed by atoms with Crippen molar-refractivity contribution in [2.24, 2.45) is 5.73 Å². The van der Waals surface area contributed by atoms with E-state index in [9.17, 15) is 0 Å². The Morgan fingerprint density at radius 1 is 1.50 bits per heavy atom. The maximum atomic E-state index is 6.05. The number of nitrogens with two attached hydrogens (primary N) is 1. The molecule has 0 bridgehead atoms. The smallest absolute Gasteiger partial charge is 0.0621 e. The lowest BCUT2D eigenvalue weighted by Crippen LogP contribution is -2.39. The SMILES string of the molecule is Cc1ncc(CN2CCC(N)CC2)cc1Cl. The third-order valence-corrected chi connectivity index (χ3v) is 3.50. The lowest BCUT2D eigenvalue weighted by molar-refractivity contribution is 0.205. The number of nitrogens with zero attached hydrogens (tertiary/aromatic N) is 2. The molecule has 0 saturated carbocycles. The number of hydrogen-bond acceptors (Lipinski definition) is 3. The monoisotopic (exact) mass is 239 g/mol. The fraction of sp³-hybridized carbons (Fsp3) is 0.583. The topological polar surface area (TPSA) is 42.2 Å². The van der Waals surface area contributed by atoms with E-state index in [1.54, 1.807) is 0 Å². The highest BCUT2D eigenvalue weighted by Crippen LogP contribution is 2.17. The largest absolute Gasteiger partial charge is 0.328 e. The summed E-state index contributed by atoms with van der Waals surface area (Å²) in [5.74, 6) is 0. The van der Waals surface area contributed by atoms with Crippen molar-refractivity contribution in [1.82, 2.24) is 9.88 Å². The molecule has 3 nitrogen and oxygen atoms in total. The van der Waals surface area contributed by atoms with E-state index in [2.05, 4.69) is 9.88 Å². The fourth-order valence-electron chi connectivity index (χ4n) is 2.00. The molecular formula is C12H18ClN3. The molecule has 0 aromatic carbocycles. The summed E-state index contributed by atoms with van der Waals surface area (Å²) >= 11 is 6.05. The van der Waals surface area contributed by atoms with Gasteiger partial charge in [-0.05, 0) is 44.5 Å². The van der Waals surface area contributed by atoms with Crippen LogP contribution in [-0.2, 0) is 6.54 Å². The molecule has 2 N–H and O–H groups in total. The van der Waals surface area contributed by atoms with Crippen LogP contribution < -0.4 is 5.73 Å². The first-order valence-electron chi connectivity index (χ1n) is 5.74. The van der Waals surface area contributed by atoms with Gasteiger partial charge in [0.15, 0.2) is 0 Å². The minimum atomic E-state index is 0.385. The molecule has 1 aromatic heterocycles. The molecule has 2 rings (SSSR count). The van der Waals surface area contributed by atoms with Crippen molar-refractivity contribution in [1.29, 1.82) is 0 Å².